The van der Waals surface area contributed by atoms with Gasteiger partial charge in [0, 0.05) is 11.4 Å². The van der Waals surface area contributed by atoms with E-state index in [1.807, 2.05) is 5.32 Å². The molecule has 2 N–H and O–H groups in total. The van der Waals surface area contributed by atoms with Crippen LogP contribution in [-0.2, 0) is 19.6 Å². The molecule has 1 unspecified atom stereocenters. The molecule has 0 radical (unpaired) electrons. The van der Waals surface area contributed by atoms with Crippen molar-refractivity contribution in [3.63, 3.8) is 0 Å². The molecule has 1 aromatic carbocycles. The van der Waals surface area contributed by atoms with Gasteiger partial charge in [0.1, 0.15) is 17.0 Å². The van der Waals surface area contributed by atoms with E-state index in [9.17, 15) is 18.0 Å². The second kappa shape index (κ2) is 5.81. The van der Waals surface area contributed by atoms with E-state index >= 15 is 0 Å². The number of benzene rings is 1. The van der Waals surface area contributed by atoms with Crippen molar-refractivity contribution in [3.05, 3.63) is 28.8 Å². The normalized spacial score (nSPS) is 19.0. The van der Waals surface area contributed by atoms with Crippen LogP contribution in [0.1, 0.15) is 18.4 Å². The Hall–Kier alpha value is -1.95. The maximum atomic E-state index is 12.3. The summed E-state index contributed by atoms with van der Waals surface area (Å²) in [4.78, 5) is 22.3. The van der Waals surface area contributed by atoms with E-state index in [1.54, 1.807) is 6.07 Å². The van der Waals surface area contributed by atoms with Gasteiger partial charge >= 0.3 is 0 Å². The molecule has 1 saturated heterocycles. The first-order valence-electron chi connectivity index (χ1n) is 5.89. The first-order chi connectivity index (χ1) is 9.83. The minimum atomic E-state index is -4.10. The molecule has 1 aromatic rings. The molecule has 0 saturated carbocycles. The Morgan fingerprint density at radius 1 is 1.38 bits per heavy atom. The van der Waals surface area contributed by atoms with Crippen LogP contribution < -0.4 is 10.0 Å². The summed E-state index contributed by atoms with van der Waals surface area (Å²) in [6.07, 6.45) is 0.103. The number of nitrogens with zero attached hydrogens (tertiary/aromatic N) is 1. The highest BCUT2D eigenvalue weighted by molar-refractivity contribution is 7.89. The molecule has 1 atom stereocenters. The number of nitriles is 1. The molecule has 2 amide bonds. The molecule has 0 bridgehead atoms. The molecule has 0 aliphatic carbocycles. The van der Waals surface area contributed by atoms with Crippen LogP contribution in [0.15, 0.2) is 23.1 Å². The van der Waals surface area contributed by atoms with E-state index in [2.05, 4.69) is 4.72 Å². The monoisotopic (exact) mass is 327 g/mol. The molecule has 7 nitrogen and oxygen atoms in total. The van der Waals surface area contributed by atoms with Gasteiger partial charge in [-0.1, -0.05) is 11.6 Å². The standard InChI is InChI=1S/C12H10ClN3O4S/c13-8-2-1-7(6-14)10(5-8)21(19,20)16-9-3-4-11(17)15-12(9)18/h1-2,5,9,16H,3-4H2,(H,15,17,18). The first kappa shape index (κ1) is 15.4. The zero-order valence-electron chi connectivity index (χ0n) is 10.6. The maximum Gasteiger partial charge on any atom is 0.244 e. The molecular formula is C12H10ClN3O4S. The van der Waals surface area contributed by atoms with Crippen molar-refractivity contribution in [2.45, 2.75) is 23.8 Å². The number of hydrogen-bond donors (Lipinski definition) is 2. The highest BCUT2D eigenvalue weighted by atomic mass is 35.5. The number of halogens is 1. The summed E-state index contributed by atoms with van der Waals surface area (Å²) in [7, 11) is -4.10. The lowest BCUT2D eigenvalue weighted by atomic mass is 10.1. The van der Waals surface area contributed by atoms with Crippen LogP contribution in [0, 0.1) is 11.3 Å². The number of hydrogen-bond acceptors (Lipinski definition) is 5. The minimum Gasteiger partial charge on any atom is -0.295 e. The fraction of sp³-hybridized carbons (Fsp3) is 0.250. The average molecular weight is 328 g/mol. The van der Waals surface area contributed by atoms with Crippen molar-refractivity contribution in [1.82, 2.24) is 10.0 Å². The Morgan fingerprint density at radius 3 is 2.71 bits per heavy atom. The van der Waals surface area contributed by atoms with Crippen LogP contribution in [0.5, 0.6) is 0 Å². The lowest BCUT2D eigenvalue weighted by Crippen LogP contribution is -2.52. The lowest BCUT2D eigenvalue weighted by molar-refractivity contribution is -0.134. The molecule has 0 aromatic heterocycles. The Kier molecular flexibility index (Phi) is 4.27. The van der Waals surface area contributed by atoms with Crippen LogP contribution in [0.4, 0.5) is 0 Å². The average Bonchev–Trinajstić information content (AvgIpc) is 2.42. The largest absolute Gasteiger partial charge is 0.295 e. The van der Waals surface area contributed by atoms with Crippen molar-refractivity contribution in [3.8, 4) is 6.07 Å². The van der Waals surface area contributed by atoms with Crippen LogP contribution >= 0.6 is 11.6 Å². The second-order valence-corrected chi connectivity index (χ2v) is 6.50. The van der Waals surface area contributed by atoms with Gasteiger partial charge in [0.15, 0.2) is 0 Å². The molecule has 1 fully saturated rings. The van der Waals surface area contributed by atoms with Gasteiger partial charge in [-0.2, -0.15) is 9.98 Å². The summed E-state index contributed by atoms with van der Waals surface area (Å²) in [6.45, 7) is 0. The zero-order chi connectivity index (χ0) is 15.6. The summed E-state index contributed by atoms with van der Waals surface area (Å²) < 4.78 is 26.7. The summed E-state index contributed by atoms with van der Waals surface area (Å²) in [5.41, 5.74) is -0.0841. The molecule has 2 rings (SSSR count). The number of imide groups is 1. The number of sulfonamides is 1. The van der Waals surface area contributed by atoms with E-state index in [0.29, 0.717) is 0 Å². The third kappa shape index (κ3) is 3.39. The Balaban J connectivity index is 2.31. The van der Waals surface area contributed by atoms with E-state index in [-0.39, 0.29) is 28.3 Å². The zero-order valence-corrected chi connectivity index (χ0v) is 12.2. The minimum absolute atomic E-state index is 0.0412. The van der Waals surface area contributed by atoms with Crippen LogP contribution in [0.25, 0.3) is 0 Å². The third-order valence-electron chi connectivity index (χ3n) is 2.89. The summed E-state index contributed by atoms with van der Waals surface area (Å²) in [6, 6.07) is 4.50. The van der Waals surface area contributed by atoms with Gasteiger partial charge in [-0.3, -0.25) is 14.9 Å². The number of amides is 2. The van der Waals surface area contributed by atoms with Gasteiger partial charge in [0.2, 0.25) is 21.8 Å². The van der Waals surface area contributed by atoms with Crippen molar-refractivity contribution < 1.29 is 18.0 Å². The number of piperidine rings is 1. The smallest absolute Gasteiger partial charge is 0.244 e. The van der Waals surface area contributed by atoms with Gasteiger partial charge in [-0.05, 0) is 24.6 Å². The van der Waals surface area contributed by atoms with Crippen LogP contribution in [-0.4, -0.2) is 26.3 Å². The fourth-order valence-corrected chi connectivity index (χ4v) is 3.52. The predicted molar refractivity (Wildman–Crippen MR) is 72.7 cm³/mol. The molecule has 110 valence electrons. The number of nitrogens with one attached hydrogen (secondary N) is 2. The van der Waals surface area contributed by atoms with E-state index in [4.69, 9.17) is 16.9 Å². The van der Waals surface area contributed by atoms with Gasteiger partial charge in [0.05, 0.1) is 5.56 Å². The predicted octanol–water partition coefficient (Wildman–Crippen LogP) is 0.295. The van der Waals surface area contributed by atoms with Crippen LogP contribution in [0.2, 0.25) is 5.02 Å². The van der Waals surface area contributed by atoms with Gasteiger partial charge < -0.3 is 0 Å². The van der Waals surface area contributed by atoms with Gasteiger partial charge in [-0.15, -0.1) is 0 Å². The number of carbonyl (C=O) groups is 2. The van der Waals surface area contributed by atoms with Crippen molar-refractivity contribution in [2.75, 3.05) is 0 Å². The van der Waals surface area contributed by atoms with Gasteiger partial charge in [-0.25, -0.2) is 8.42 Å². The molecule has 1 aliphatic rings. The second-order valence-electron chi connectivity index (χ2n) is 4.38. The maximum absolute atomic E-state index is 12.3. The van der Waals surface area contributed by atoms with Crippen molar-refractivity contribution in [2.24, 2.45) is 0 Å². The van der Waals surface area contributed by atoms with Crippen molar-refractivity contribution >= 4 is 33.4 Å². The Labute approximate surface area is 125 Å². The molecule has 9 heteroatoms. The topological polar surface area (TPSA) is 116 Å². The Bertz CT molecular complexity index is 754. The SMILES string of the molecule is N#Cc1ccc(Cl)cc1S(=O)(=O)NC1CCC(=O)NC1=O. The summed E-state index contributed by atoms with van der Waals surface area (Å²) in [5.74, 6) is -1.16. The molecule has 1 heterocycles. The fourth-order valence-electron chi connectivity index (χ4n) is 1.87. The summed E-state index contributed by atoms with van der Waals surface area (Å²) >= 11 is 5.74. The van der Waals surface area contributed by atoms with Crippen molar-refractivity contribution in [1.29, 1.82) is 5.26 Å². The molecule has 1 aliphatic heterocycles. The van der Waals surface area contributed by atoms with E-state index in [0.717, 1.165) is 6.07 Å². The molecule has 0 spiro atoms. The summed E-state index contributed by atoms with van der Waals surface area (Å²) in [5, 5.41) is 11.2. The quantitative estimate of drug-likeness (QED) is 0.774. The highest BCUT2D eigenvalue weighted by Gasteiger charge is 2.31. The number of carbonyl (C=O) groups excluding carboxylic acids is 2. The lowest BCUT2D eigenvalue weighted by Gasteiger charge is -2.21. The molecular weight excluding hydrogens is 318 g/mol. The van der Waals surface area contributed by atoms with E-state index < -0.39 is 27.9 Å². The first-order valence-corrected chi connectivity index (χ1v) is 7.75. The Morgan fingerprint density at radius 2 is 2.10 bits per heavy atom. The van der Waals surface area contributed by atoms with Gasteiger partial charge in [0.25, 0.3) is 0 Å². The molecule has 21 heavy (non-hydrogen) atoms. The van der Waals surface area contributed by atoms with E-state index in [1.165, 1.54) is 12.1 Å². The highest BCUT2D eigenvalue weighted by Crippen LogP contribution is 2.21. The number of rotatable bonds is 3. The van der Waals surface area contributed by atoms with Crippen LogP contribution in [0.3, 0.4) is 0 Å². The third-order valence-corrected chi connectivity index (χ3v) is 4.64.